The molecule has 0 bridgehead atoms. The third kappa shape index (κ3) is 3.65. The maximum Gasteiger partial charge on any atom is 0.227 e. The topological polar surface area (TPSA) is 53.4 Å². The van der Waals surface area contributed by atoms with Crippen molar-refractivity contribution < 1.29 is 18.7 Å². The van der Waals surface area contributed by atoms with Crippen molar-refractivity contribution in [2.45, 2.75) is 24.9 Å². The number of pyridine rings is 1. The van der Waals surface area contributed by atoms with Crippen LogP contribution in [0, 0.1) is 11.8 Å². The number of halogens is 3. The Balaban J connectivity index is 1.68. The van der Waals surface area contributed by atoms with Gasteiger partial charge in [-0.15, -0.1) is 0 Å². The van der Waals surface area contributed by atoms with Gasteiger partial charge in [0.2, 0.25) is 11.9 Å². The van der Waals surface area contributed by atoms with E-state index in [1.807, 2.05) is 0 Å². The number of aliphatic hydroxyl groups is 1. The molecule has 0 unspecified atom stereocenters. The van der Waals surface area contributed by atoms with Crippen molar-refractivity contribution >= 4 is 17.5 Å². The quantitative estimate of drug-likeness (QED) is 0.849. The van der Waals surface area contributed by atoms with Crippen LogP contribution in [0.4, 0.5) is 8.78 Å². The summed E-state index contributed by atoms with van der Waals surface area (Å²) in [6.07, 6.45) is 1.54. The van der Waals surface area contributed by atoms with Crippen molar-refractivity contribution in [2.24, 2.45) is 0 Å². The first-order valence-corrected chi connectivity index (χ1v) is 8.32. The summed E-state index contributed by atoms with van der Waals surface area (Å²) in [5, 5.41) is 10.9. The normalized spacial score (nSPS) is 16.7. The number of hydrogen-bond acceptors (Lipinski definition) is 3. The molecule has 1 aliphatic rings. The molecular weight excluding hydrogens is 350 g/mol. The molecule has 0 aliphatic carbocycles. The summed E-state index contributed by atoms with van der Waals surface area (Å²) in [7, 11) is 0. The molecule has 1 saturated heterocycles. The number of carbonyl (C=O) groups excluding carboxylic acids is 1. The molecule has 0 atom stereocenters. The third-order valence-electron chi connectivity index (χ3n) is 4.59. The second-order valence-electron chi connectivity index (χ2n) is 6.13. The van der Waals surface area contributed by atoms with Gasteiger partial charge in [0.15, 0.2) is 0 Å². The standard InChI is InChI=1S/C18H17ClF2N2O2/c19-14-4-1-5-15(20)12(14)11-16(24)23-9-6-18(25,7-10-23)13-3-2-8-22-17(13)21/h1-5,8,25H,6-7,9-11H2. The highest BCUT2D eigenvalue weighted by molar-refractivity contribution is 6.31. The SMILES string of the molecule is O=C(Cc1c(F)cccc1Cl)N1CCC(O)(c2cccnc2F)CC1. The van der Waals surface area contributed by atoms with Gasteiger partial charge in [-0.3, -0.25) is 4.79 Å². The van der Waals surface area contributed by atoms with Crippen LogP contribution >= 0.6 is 11.6 Å². The van der Waals surface area contributed by atoms with Gasteiger partial charge in [-0.25, -0.2) is 9.37 Å². The number of nitrogens with zero attached hydrogens (tertiary/aromatic N) is 2. The summed E-state index contributed by atoms with van der Waals surface area (Å²) < 4.78 is 27.7. The molecule has 0 radical (unpaired) electrons. The zero-order chi connectivity index (χ0) is 18.0. The van der Waals surface area contributed by atoms with Gasteiger partial charge < -0.3 is 10.0 Å². The van der Waals surface area contributed by atoms with Gasteiger partial charge in [0.25, 0.3) is 0 Å². The molecule has 25 heavy (non-hydrogen) atoms. The van der Waals surface area contributed by atoms with Gasteiger partial charge in [-0.05, 0) is 31.0 Å². The molecule has 3 rings (SSSR count). The van der Waals surface area contributed by atoms with Gasteiger partial charge >= 0.3 is 0 Å². The third-order valence-corrected chi connectivity index (χ3v) is 4.95. The lowest BCUT2D eigenvalue weighted by atomic mass is 9.85. The molecule has 1 aliphatic heterocycles. The van der Waals surface area contributed by atoms with Gasteiger partial charge in [0.1, 0.15) is 5.82 Å². The first-order chi connectivity index (χ1) is 11.9. The van der Waals surface area contributed by atoms with Crippen LogP contribution in [0.5, 0.6) is 0 Å². The molecule has 1 aromatic heterocycles. The number of amides is 1. The number of rotatable bonds is 3. The van der Waals surface area contributed by atoms with Crippen molar-refractivity contribution in [2.75, 3.05) is 13.1 Å². The van der Waals surface area contributed by atoms with Crippen molar-refractivity contribution in [1.29, 1.82) is 0 Å². The number of carbonyl (C=O) groups is 1. The Hall–Kier alpha value is -2.05. The van der Waals surface area contributed by atoms with Crippen molar-refractivity contribution in [3.05, 3.63) is 64.4 Å². The van der Waals surface area contributed by atoms with Crippen LogP contribution in [0.25, 0.3) is 0 Å². The van der Waals surface area contributed by atoms with E-state index in [1.54, 1.807) is 6.07 Å². The van der Waals surface area contributed by atoms with E-state index in [2.05, 4.69) is 4.98 Å². The van der Waals surface area contributed by atoms with E-state index in [-0.39, 0.29) is 54.4 Å². The minimum atomic E-state index is -1.36. The molecule has 1 aromatic carbocycles. The molecule has 1 N–H and O–H groups in total. The Bertz CT molecular complexity index is 772. The molecule has 2 heterocycles. The highest BCUT2D eigenvalue weighted by Crippen LogP contribution is 2.34. The van der Waals surface area contributed by atoms with Gasteiger partial charge in [-0.1, -0.05) is 23.7 Å². The average molecular weight is 367 g/mol. The van der Waals surface area contributed by atoms with Gasteiger partial charge in [0.05, 0.1) is 12.0 Å². The first kappa shape index (κ1) is 17.8. The summed E-state index contributed by atoms with van der Waals surface area (Å²) in [6, 6.07) is 7.34. The van der Waals surface area contributed by atoms with Crippen molar-refractivity contribution in [1.82, 2.24) is 9.88 Å². The summed E-state index contributed by atoms with van der Waals surface area (Å²) in [4.78, 5) is 17.5. The second kappa shape index (κ2) is 7.06. The predicted octanol–water partition coefficient (Wildman–Crippen LogP) is 3.07. The minimum absolute atomic E-state index is 0.138. The highest BCUT2D eigenvalue weighted by atomic mass is 35.5. The Labute approximate surface area is 149 Å². The molecule has 7 heteroatoms. The minimum Gasteiger partial charge on any atom is -0.385 e. The Morgan fingerprint density at radius 3 is 2.60 bits per heavy atom. The maximum absolute atomic E-state index is 13.8. The van der Waals surface area contributed by atoms with E-state index in [9.17, 15) is 18.7 Å². The van der Waals surface area contributed by atoms with E-state index in [0.717, 1.165) is 0 Å². The second-order valence-corrected chi connectivity index (χ2v) is 6.54. The van der Waals surface area contributed by atoms with Crippen molar-refractivity contribution in [3.63, 3.8) is 0 Å². The highest BCUT2D eigenvalue weighted by Gasteiger charge is 2.37. The van der Waals surface area contributed by atoms with Crippen molar-refractivity contribution in [3.8, 4) is 0 Å². The smallest absolute Gasteiger partial charge is 0.227 e. The van der Waals surface area contributed by atoms with Crippen LogP contribution in [0.15, 0.2) is 36.5 Å². The summed E-state index contributed by atoms with van der Waals surface area (Å²) in [5.41, 5.74) is -1.06. The average Bonchev–Trinajstić information content (AvgIpc) is 2.59. The fourth-order valence-electron chi connectivity index (χ4n) is 3.09. The Morgan fingerprint density at radius 2 is 1.96 bits per heavy atom. The molecule has 132 valence electrons. The van der Waals surface area contributed by atoms with Gasteiger partial charge in [0, 0.05) is 35.4 Å². The zero-order valence-corrected chi connectivity index (χ0v) is 14.1. The monoisotopic (exact) mass is 366 g/mol. The van der Waals surface area contributed by atoms with Crippen LogP contribution in [0.3, 0.4) is 0 Å². The molecule has 0 saturated carbocycles. The van der Waals surface area contributed by atoms with Crippen LogP contribution < -0.4 is 0 Å². The number of benzene rings is 1. The fraction of sp³-hybridized carbons (Fsp3) is 0.333. The Morgan fingerprint density at radius 1 is 1.24 bits per heavy atom. The van der Waals surface area contributed by atoms with Crippen LogP contribution in [-0.2, 0) is 16.8 Å². The largest absolute Gasteiger partial charge is 0.385 e. The molecule has 1 amide bonds. The van der Waals surface area contributed by atoms with E-state index < -0.39 is 17.4 Å². The molecular formula is C18H17ClF2N2O2. The molecule has 4 nitrogen and oxygen atoms in total. The lowest BCUT2D eigenvalue weighted by molar-refractivity contribution is -0.135. The summed E-state index contributed by atoms with van der Waals surface area (Å²) >= 11 is 5.96. The van der Waals surface area contributed by atoms with Crippen LogP contribution in [0.2, 0.25) is 5.02 Å². The zero-order valence-electron chi connectivity index (χ0n) is 13.4. The first-order valence-electron chi connectivity index (χ1n) is 7.95. The maximum atomic E-state index is 13.8. The summed E-state index contributed by atoms with van der Waals surface area (Å²) in [6.45, 7) is 0.492. The van der Waals surface area contributed by atoms with Crippen LogP contribution in [0.1, 0.15) is 24.0 Å². The lowest BCUT2D eigenvalue weighted by Gasteiger charge is -2.38. The summed E-state index contributed by atoms with van der Waals surface area (Å²) in [5.74, 6) is -1.50. The van der Waals surface area contributed by atoms with E-state index in [0.29, 0.717) is 0 Å². The van der Waals surface area contributed by atoms with E-state index in [4.69, 9.17) is 11.6 Å². The number of hydrogen-bond donors (Lipinski definition) is 1. The predicted molar refractivity (Wildman–Crippen MR) is 89.0 cm³/mol. The Kier molecular flexibility index (Phi) is 5.01. The van der Waals surface area contributed by atoms with E-state index >= 15 is 0 Å². The van der Waals surface area contributed by atoms with Gasteiger partial charge in [-0.2, -0.15) is 4.39 Å². The van der Waals surface area contributed by atoms with E-state index in [1.165, 1.54) is 35.4 Å². The molecule has 0 spiro atoms. The number of piperidine rings is 1. The lowest BCUT2D eigenvalue weighted by Crippen LogP contribution is -2.46. The molecule has 1 fully saturated rings. The van der Waals surface area contributed by atoms with Crippen LogP contribution in [-0.4, -0.2) is 34.0 Å². The number of likely N-dealkylation sites (tertiary alicyclic amines) is 1. The number of aromatic nitrogens is 1. The fourth-order valence-corrected chi connectivity index (χ4v) is 3.32. The molecule has 2 aromatic rings.